The number of halogens is 1. The van der Waals surface area contributed by atoms with E-state index in [1.165, 1.54) is 0 Å². The van der Waals surface area contributed by atoms with Crippen LogP contribution >= 0.6 is 15.9 Å². The first-order valence-electron chi connectivity index (χ1n) is 7.46. The van der Waals surface area contributed by atoms with Crippen LogP contribution in [0.25, 0.3) is 0 Å². The summed E-state index contributed by atoms with van der Waals surface area (Å²) in [5, 5.41) is 4.46. The summed E-state index contributed by atoms with van der Waals surface area (Å²) in [7, 11) is 0. The number of aromatic nitrogens is 2. The zero-order valence-electron chi connectivity index (χ0n) is 12.9. The molecule has 0 aliphatic carbocycles. The average molecular weight is 361 g/mol. The molecule has 0 radical (unpaired) electrons. The highest BCUT2D eigenvalue weighted by molar-refractivity contribution is 9.10. The lowest BCUT2D eigenvalue weighted by Gasteiger charge is -2.43. The van der Waals surface area contributed by atoms with Gasteiger partial charge < -0.3 is 9.47 Å². The maximum Gasteiger partial charge on any atom is 0.0948 e. The lowest BCUT2D eigenvalue weighted by Crippen LogP contribution is -2.52. The summed E-state index contributed by atoms with van der Waals surface area (Å²) in [5.41, 5.74) is 3.63. The van der Waals surface area contributed by atoms with Gasteiger partial charge in [-0.25, -0.2) is 5.43 Å². The van der Waals surface area contributed by atoms with Crippen molar-refractivity contribution in [1.82, 2.24) is 15.2 Å². The second kappa shape index (κ2) is 7.19. The quantitative estimate of drug-likeness (QED) is 0.601. The summed E-state index contributed by atoms with van der Waals surface area (Å²) in [4.78, 5) is 0. The number of nitrogens with one attached hydrogen (secondary N) is 1. The van der Waals surface area contributed by atoms with Crippen molar-refractivity contribution in [2.24, 2.45) is 5.84 Å². The van der Waals surface area contributed by atoms with Gasteiger partial charge in [0.2, 0.25) is 0 Å². The molecule has 7 heteroatoms. The van der Waals surface area contributed by atoms with Gasteiger partial charge in [0.1, 0.15) is 0 Å². The minimum atomic E-state index is -0.364. The summed E-state index contributed by atoms with van der Waals surface area (Å²) in [6.45, 7) is 8.24. The Labute approximate surface area is 134 Å². The monoisotopic (exact) mass is 360 g/mol. The van der Waals surface area contributed by atoms with Gasteiger partial charge in [-0.15, -0.1) is 0 Å². The van der Waals surface area contributed by atoms with Crippen LogP contribution in [0.2, 0.25) is 0 Å². The van der Waals surface area contributed by atoms with Gasteiger partial charge >= 0.3 is 0 Å². The number of nitrogens with zero attached hydrogens (tertiary/aromatic N) is 2. The Balaban J connectivity index is 2.43. The van der Waals surface area contributed by atoms with Crippen LogP contribution < -0.4 is 11.3 Å². The lowest BCUT2D eigenvalue weighted by molar-refractivity contribution is -0.129. The first kappa shape index (κ1) is 16.9. The molecule has 0 aromatic carbocycles. The van der Waals surface area contributed by atoms with Crippen LogP contribution in [0.1, 0.15) is 51.4 Å². The fraction of sp³-hybridized carbons (Fsp3) is 0.786. The van der Waals surface area contributed by atoms with Crippen molar-refractivity contribution in [3.8, 4) is 0 Å². The van der Waals surface area contributed by atoms with Gasteiger partial charge in [0.25, 0.3) is 0 Å². The van der Waals surface area contributed by atoms with Crippen molar-refractivity contribution in [2.45, 2.75) is 51.3 Å². The summed E-state index contributed by atoms with van der Waals surface area (Å²) in [5.74, 6) is 5.92. The van der Waals surface area contributed by atoms with E-state index in [0.29, 0.717) is 19.8 Å². The van der Waals surface area contributed by atoms with E-state index in [0.717, 1.165) is 23.0 Å². The normalized spacial score (nSPS) is 19.9. The number of ether oxygens (including phenoxy) is 2. The molecular weight excluding hydrogens is 336 g/mol. The molecule has 1 saturated heterocycles. The Kier molecular flexibility index (Phi) is 5.79. The van der Waals surface area contributed by atoms with E-state index in [1.54, 1.807) is 0 Å². The van der Waals surface area contributed by atoms with Crippen molar-refractivity contribution >= 4 is 15.9 Å². The number of hydrogen-bond acceptors (Lipinski definition) is 5. The summed E-state index contributed by atoms with van der Waals surface area (Å²) in [6, 6.07) is 0.112. The molecule has 1 fully saturated rings. The number of hydrazine groups is 1. The summed E-state index contributed by atoms with van der Waals surface area (Å²) in [6.07, 6.45) is 3.44. The Morgan fingerprint density at radius 3 is 2.71 bits per heavy atom. The molecule has 6 nitrogen and oxygen atoms in total. The zero-order chi connectivity index (χ0) is 15.5. The predicted molar refractivity (Wildman–Crippen MR) is 84.8 cm³/mol. The van der Waals surface area contributed by atoms with Crippen molar-refractivity contribution in [3.05, 3.63) is 16.4 Å². The molecule has 1 aromatic rings. The van der Waals surface area contributed by atoms with Gasteiger partial charge in [-0.2, -0.15) is 5.10 Å². The van der Waals surface area contributed by atoms with Crippen molar-refractivity contribution in [2.75, 3.05) is 19.8 Å². The topological polar surface area (TPSA) is 74.3 Å². The minimum Gasteiger partial charge on any atom is -0.381 e. The van der Waals surface area contributed by atoms with E-state index in [-0.39, 0.29) is 17.7 Å². The van der Waals surface area contributed by atoms with Gasteiger partial charge in [0.15, 0.2) is 0 Å². The maximum atomic E-state index is 6.15. The Morgan fingerprint density at radius 1 is 1.52 bits per heavy atom. The Hall–Kier alpha value is -0.470. The molecule has 21 heavy (non-hydrogen) atoms. The smallest absolute Gasteiger partial charge is 0.0948 e. The largest absolute Gasteiger partial charge is 0.381 e. The van der Waals surface area contributed by atoms with Gasteiger partial charge in [-0.05, 0) is 36.7 Å². The second-order valence-electron chi connectivity index (χ2n) is 5.63. The first-order chi connectivity index (χ1) is 10.1. The standard InChI is InChI=1S/C14H25BrN4O2/c1-4-21-14(5-7-20-8-6-14)13(18-16)12-11(15)9-17-19(12)10(2)3/h9-10,13,18H,4-8,16H2,1-3H3. The van der Waals surface area contributed by atoms with Crippen LogP contribution in [0.3, 0.4) is 0 Å². The van der Waals surface area contributed by atoms with Crippen LogP contribution in [0.4, 0.5) is 0 Å². The molecule has 1 unspecified atom stereocenters. The predicted octanol–water partition coefficient (Wildman–Crippen LogP) is 2.32. The van der Waals surface area contributed by atoms with Crippen LogP contribution in [0, 0.1) is 0 Å². The second-order valence-corrected chi connectivity index (χ2v) is 6.48. The molecule has 1 aliphatic rings. The fourth-order valence-electron chi connectivity index (χ4n) is 3.03. The highest BCUT2D eigenvalue weighted by Gasteiger charge is 2.44. The number of rotatable bonds is 6. The average Bonchev–Trinajstić information content (AvgIpc) is 2.83. The summed E-state index contributed by atoms with van der Waals surface area (Å²) >= 11 is 3.60. The van der Waals surface area contributed by atoms with Crippen LogP contribution in [-0.2, 0) is 9.47 Å². The molecule has 1 aliphatic heterocycles. The molecule has 2 rings (SSSR count). The van der Waals surface area contributed by atoms with E-state index in [1.807, 2.05) is 17.8 Å². The molecule has 0 spiro atoms. The van der Waals surface area contributed by atoms with E-state index in [2.05, 4.69) is 40.3 Å². The van der Waals surface area contributed by atoms with Crippen LogP contribution in [0.5, 0.6) is 0 Å². The third-order valence-electron chi connectivity index (χ3n) is 4.01. The van der Waals surface area contributed by atoms with E-state index in [4.69, 9.17) is 15.3 Å². The molecule has 1 atom stereocenters. The Morgan fingerprint density at radius 2 is 2.19 bits per heavy atom. The molecule has 1 aromatic heterocycles. The van der Waals surface area contributed by atoms with Gasteiger partial charge in [0.05, 0.1) is 28.0 Å². The fourth-order valence-corrected chi connectivity index (χ4v) is 3.54. The third kappa shape index (κ3) is 3.32. The number of nitrogens with two attached hydrogens (primary N) is 1. The molecule has 0 amide bonds. The first-order valence-corrected chi connectivity index (χ1v) is 8.25. The van der Waals surface area contributed by atoms with E-state index >= 15 is 0 Å². The molecule has 120 valence electrons. The minimum absolute atomic E-state index is 0.138. The molecule has 2 heterocycles. The maximum absolute atomic E-state index is 6.15. The highest BCUT2D eigenvalue weighted by Crippen LogP contribution is 2.40. The van der Waals surface area contributed by atoms with Gasteiger partial charge in [-0.3, -0.25) is 10.5 Å². The SMILES string of the molecule is CCOC1(C(NN)c2c(Br)cnn2C(C)C)CCOCC1. The molecule has 0 bridgehead atoms. The van der Waals surface area contributed by atoms with Crippen LogP contribution in [0.15, 0.2) is 10.7 Å². The molecular formula is C14H25BrN4O2. The van der Waals surface area contributed by atoms with Crippen molar-refractivity contribution < 1.29 is 9.47 Å². The van der Waals surface area contributed by atoms with Gasteiger partial charge in [0, 0.05) is 38.7 Å². The van der Waals surface area contributed by atoms with Gasteiger partial charge in [-0.1, -0.05) is 0 Å². The third-order valence-corrected chi connectivity index (χ3v) is 4.62. The number of hydrogen-bond donors (Lipinski definition) is 2. The van der Waals surface area contributed by atoms with Crippen molar-refractivity contribution in [1.29, 1.82) is 0 Å². The lowest BCUT2D eigenvalue weighted by atomic mass is 9.84. The summed E-state index contributed by atoms with van der Waals surface area (Å²) < 4.78 is 14.6. The van der Waals surface area contributed by atoms with E-state index < -0.39 is 0 Å². The molecule has 0 saturated carbocycles. The Bertz CT molecular complexity index is 452. The zero-order valence-corrected chi connectivity index (χ0v) is 14.5. The van der Waals surface area contributed by atoms with Crippen molar-refractivity contribution in [3.63, 3.8) is 0 Å². The van der Waals surface area contributed by atoms with E-state index in [9.17, 15) is 0 Å². The van der Waals surface area contributed by atoms with Crippen LogP contribution in [-0.4, -0.2) is 35.2 Å². The highest BCUT2D eigenvalue weighted by atomic mass is 79.9. The molecule has 3 N–H and O–H groups in total.